The lowest BCUT2D eigenvalue weighted by atomic mass is 10.1. The summed E-state index contributed by atoms with van der Waals surface area (Å²) in [5.74, 6) is 0. The first-order chi connectivity index (χ1) is 7.13. The molecule has 0 aliphatic carbocycles. The predicted octanol–water partition coefficient (Wildman–Crippen LogP) is 2.76. The molecule has 3 nitrogen and oxygen atoms in total. The molecule has 0 saturated carbocycles. The third kappa shape index (κ3) is 1.47. The Bertz CT molecular complexity index is 575. The summed E-state index contributed by atoms with van der Waals surface area (Å²) in [6.45, 7) is 4.09. The summed E-state index contributed by atoms with van der Waals surface area (Å²) in [6.07, 6.45) is 3.44. The maximum Gasteiger partial charge on any atom is 0.240 e. The van der Waals surface area contributed by atoms with Gasteiger partial charge in [0, 0.05) is 18.6 Å². The van der Waals surface area contributed by atoms with Crippen molar-refractivity contribution in [2.45, 2.75) is 13.8 Å². The molecule has 0 bridgehead atoms. The van der Waals surface area contributed by atoms with E-state index in [1.807, 2.05) is 30.8 Å². The highest BCUT2D eigenvalue weighted by molar-refractivity contribution is 5.94. The van der Waals surface area contributed by atoms with Gasteiger partial charge in [0.05, 0.1) is 5.52 Å². The summed E-state index contributed by atoms with van der Waals surface area (Å²) < 4.78 is 1.99. The summed E-state index contributed by atoms with van der Waals surface area (Å²) in [7, 11) is 1.95. The molecule has 0 aliphatic rings. The van der Waals surface area contributed by atoms with Crippen LogP contribution in [-0.2, 0) is 11.8 Å². The number of nitrogens with zero attached hydrogens (tertiary/aromatic N) is 2. The monoisotopic (exact) mass is 200 g/mol. The number of benzene rings is 1. The summed E-state index contributed by atoms with van der Waals surface area (Å²) in [5, 5.41) is 1.01. The summed E-state index contributed by atoms with van der Waals surface area (Å²) >= 11 is 0. The number of rotatable bonds is 1. The molecule has 0 spiro atoms. The first-order valence-corrected chi connectivity index (χ1v) is 4.77. The minimum absolute atomic E-state index is 0.689. The Hall–Kier alpha value is -1.86. The molecule has 1 aromatic carbocycles. The lowest BCUT2D eigenvalue weighted by Crippen LogP contribution is -1.87. The number of hydrogen-bond acceptors (Lipinski definition) is 2. The molecule has 2 rings (SSSR count). The molecule has 3 heteroatoms. The van der Waals surface area contributed by atoms with E-state index in [4.69, 9.17) is 0 Å². The van der Waals surface area contributed by atoms with Crippen molar-refractivity contribution < 1.29 is 4.79 Å². The lowest BCUT2D eigenvalue weighted by molar-refractivity contribution is 0.565. The number of fused-ring (bicyclic) bond motifs is 1. The van der Waals surface area contributed by atoms with Gasteiger partial charge >= 0.3 is 0 Å². The SMILES string of the molecule is Cc1cc(C)c2c(c1)c(N=C=O)cn2C. The van der Waals surface area contributed by atoms with E-state index in [1.165, 1.54) is 11.1 Å². The zero-order valence-corrected chi connectivity index (χ0v) is 9.03. The van der Waals surface area contributed by atoms with Gasteiger partial charge in [0.2, 0.25) is 6.08 Å². The molecule has 1 heterocycles. The van der Waals surface area contributed by atoms with Gasteiger partial charge in [-0.3, -0.25) is 0 Å². The number of carbonyl (C=O) groups excluding carboxylic acids is 1. The minimum Gasteiger partial charge on any atom is -0.348 e. The average Bonchev–Trinajstić information content (AvgIpc) is 2.43. The van der Waals surface area contributed by atoms with E-state index >= 15 is 0 Å². The van der Waals surface area contributed by atoms with Crippen molar-refractivity contribution in [2.75, 3.05) is 0 Å². The Kier molecular flexibility index (Phi) is 2.18. The van der Waals surface area contributed by atoms with Gasteiger partial charge in [0.1, 0.15) is 5.69 Å². The highest BCUT2D eigenvalue weighted by Crippen LogP contribution is 2.30. The second kappa shape index (κ2) is 3.37. The largest absolute Gasteiger partial charge is 0.348 e. The Labute approximate surface area is 88.0 Å². The molecule has 76 valence electrons. The maximum absolute atomic E-state index is 10.3. The van der Waals surface area contributed by atoms with Crippen molar-refractivity contribution >= 4 is 22.7 Å². The third-order valence-corrected chi connectivity index (χ3v) is 2.56. The van der Waals surface area contributed by atoms with Gasteiger partial charge in [0.25, 0.3) is 0 Å². The standard InChI is InChI=1S/C12H12N2O/c1-8-4-9(2)12-10(5-8)11(13-7-15)6-14(12)3/h4-6H,1-3H3. The van der Waals surface area contributed by atoms with E-state index < -0.39 is 0 Å². The fraction of sp³-hybridized carbons (Fsp3) is 0.250. The van der Waals surface area contributed by atoms with E-state index in [-0.39, 0.29) is 0 Å². The van der Waals surface area contributed by atoms with Crippen LogP contribution in [0.2, 0.25) is 0 Å². The van der Waals surface area contributed by atoms with Crippen molar-refractivity contribution in [3.8, 4) is 0 Å². The molecule has 0 radical (unpaired) electrons. The molecule has 2 aromatic rings. The van der Waals surface area contributed by atoms with E-state index in [2.05, 4.69) is 18.0 Å². The van der Waals surface area contributed by atoms with Gasteiger partial charge in [-0.2, -0.15) is 4.99 Å². The summed E-state index contributed by atoms with van der Waals surface area (Å²) in [6, 6.07) is 4.16. The fourth-order valence-electron chi connectivity index (χ4n) is 2.08. The Morgan fingerprint density at radius 1 is 1.33 bits per heavy atom. The second-order valence-corrected chi connectivity index (χ2v) is 3.81. The molecule has 0 N–H and O–H groups in total. The Morgan fingerprint density at radius 2 is 2.07 bits per heavy atom. The van der Waals surface area contributed by atoms with Crippen LogP contribution in [0.3, 0.4) is 0 Å². The minimum atomic E-state index is 0.689. The van der Waals surface area contributed by atoms with Crippen molar-refractivity contribution in [3.05, 3.63) is 29.5 Å². The third-order valence-electron chi connectivity index (χ3n) is 2.56. The molecule has 0 amide bonds. The van der Waals surface area contributed by atoms with Crippen LogP contribution in [0.5, 0.6) is 0 Å². The molecular formula is C12H12N2O. The second-order valence-electron chi connectivity index (χ2n) is 3.81. The van der Waals surface area contributed by atoms with Crippen LogP contribution < -0.4 is 0 Å². The number of aryl methyl sites for hydroxylation is 3. The molecule has 0 aliphatic heterocycles. The molecule has 0 unspecified atom stereocenters. The molecule has 1 aromatic heterocycles. The zero-order chi connectivity index (χ0) is 11.0. The highest BCUT2D eigenvalue weighted by atomic mass is 16.1. The van der Waals surface area contributed by atoms with Gasteiger partial charge < -0.3 is 4.57 Å². The number of aromatic nitrogens is 1. The molecule has 0 fully saturated rings. The van der Waals surface area contributed by atoms with E-state index in [0.717, 1.165) is 10.9 Å². The predicted molar refractivity (Wildman–Crippen MR) is 60.2 cm³/mol. The first kappa shape index (κ1) is 9.69. The van der Waals surface area contributed by atoms with Gasteiger partial charge in [-0.05, 0) is 25.5 Å². The Morgan fingerprint density at radius 3 is 2.73 bits per heavy atom. The smallest absolute Gasteiger partial charge is 0.240 e. The van der Waals surface area contributed by atoms with E-state index in [1.54, 1.807) is 6.08 Å². The quantitative estimate of drug-likeness (QED) is 0.515. The number of hydrogen-bond donors (Lipinski definition) is 0. The summed E-state index contributed by atoms with van der Waals surface area (Å²) in [4.78, 5) is 14.0. The zero-order valence-electron chi connectivity index (χ0n) is 9.03. The van der Waals surface area contributed by atoms with Crippen molar-refractivity contribution in [1.82, 2.24) is 4.57 Å². The lowest BCUT2D eigenvalue weighted by Gasteiger charge is -2.02. The van der Waals surface area contributed by atoms with Crippen LogP contribution in [0, 0.1) is 13.8 Å². The van der Waals surface area contributed by atoms with Crippen molar-refractivity contribution in [1.29, 1.82) is 0 Å². The van der Waals surface area contributed by atoms with Crippen LogP contribution in [0.25, 0.3) is 10.9 Å². The molecule has 0 saturated heterocycles. The number of isocyanates is 1. The van der Waals surface area contributed by atoms with Crippen LogP contribution in [-0.4, -0.2) is 10.6 Å². The Balaban J connectivity index is 2.92. The fourth-order valence-corrected chi connectivity index (χ4v) is 2.08. The van der Waals surface area contributed by atoms with Gasteiger partial charge in [-0.1, -0.05) is 11.6 Å². The first-order valence-electron chi connectivity index (χ1n) is 4.77. The molecule has 15 heavy (non-hydrogen) atoms. The molecule has 0 atom stereocenters. The maximum atomic E-state index is 10.3. The number of aliphatic imine (C=N–C) groups is 1. The van der Waals surface area contributed by atoms with E-state index in [9.17, 15) is 4.79 Å². The van der Waals surface area contributed by atoms with Gasteiger partial charge in [-0.15, -0.1) is 0 Å². The van der Waals surface area contributed by atoms with Gasteiger partial charge in [-0.25, -0.2) is 4.79 Å². The van der Waals surface area contributed by atoms with Crippen LogP contribution >= 0.6 is 0 Å². The normalized spacial score (nSPS) is 10.3. The van der Waals surface area contributed by atoms with E-state index in [0.29, 0.717) is 5.69 Å². The molecular weight excluding hydrogens is 188 g/mol. The van der Waals surface area contributed by atoms with Crippen molar-refractivity contribution in [3.63, 3.8) is 0 Å². The van der Waals surface area contributed by atoms with Crippen LogP contribution in [0.4, 0.5) is 5.69 Å². The van der Waals surface area contributed by atoms with Crippen molar-refractivity contribution in [2.24, 2.45) is 12.0 Å². The summed E-state index contributed by atoms with van der Waals surface area (Å²) in [5.41, 5.74) is 4.18. The van der Waals surface area contributed by atoms with Gasteiger partial charge in [0.15, 0.2) is 0 Å². The topological polar surface area (TPSA) is 34.4 Å². The average molecular weight is 200 g/mol. The van der Waals surface area contributed by atoms with Crippen LogP contribution in [0.1, 0.15) is 11.1 Å². The highest BCUT2D eigenvalue weighted by Gasteiger charge is 2.08. The van der Waals surface area contributed by atoms with Crippen LogP contribution in [0.15, 0.2) is 23.3 Å².